The van der Waals surface area contributed by atoms with Crippen molar-refractivity contribution in [2.75, 3.05) is 87.4 Å². The highest BCUT2D eigenvalue weighted by atomic mass is 16.6. The molecule has 5 unspecified atom stereocenters. The van der Waals surface area contributed by atoms with Crippen LogP contribution in [-0.2, 0) is 37.9 Å². The van der Waals surface area contributed by atoms with Gasteiger partial charge in [-0.15, -0.1) is 0 Å². The number of aliphatic hydroxyl groups is 2. The molecular formula is C18H36O10. The number of methoxy groups -OCH3 is 3. The molecule has 1 aliphatic heterocycles. The van der Waals surface area contributed by atoms with Gasteiger partial charge in [-0.3, -0.25) is 0 Å². The van der Waals surface area contributed by atoms with Gasteiger partial charge in [0, 0.05) is 21.3 Å². The van der Waals surface area contributed by atoms with Crippen LogP contribution in [0.4, 0.5) is 0 Å². The fourth-order valence-corrected chi connectivity index (χ4v) is 2.44. The molecule has 0 aromatic heterocycles. The second-order valence-electron chi connectivity index (χ2n) is 6.60. The van der Waals surface area contributed by atoms with E-state index in [-0.39, 0.29) is 58.0 Å². The third-order valence-corrected chi connectivity index (χ3v) is 3.92. The lowest BCUT2D eigenvalue weighted by molar-refractivity contribution is -0.167. The minimum Gasteiger partial charge on any atom is -0.388 e. The zero-order valence-electron chi connectivity index (χ0n) is 17.1. The van der Waals surface area contributed by atoms with Gasteiger partial charge in [0.05, 0.1) is 66.1 Å². The lowest BCUT2D eigenvalue weighted by Gasteiger charge is -2.29. The minimum absolute atomic E-state index is 0.0406. The molecule has 10 nitrogen and oxygen atoms in total. The first-order valence-electron chi connectivity index (χ1n) is 9.42. The van der Waals surface area contributed by atoms with E-state index in [0.717, 1.165) is 0 Å². The van der Waals surface area contributed by atoms with E-state index >= 15 is 0 Å². The Morgan fingerprint density at radius 2 is 1.25 bits per heavy atom. The van der Waals surface area contributed by atoms with Gasteiger partial charge in [0.1, 0.15) is 30.5 Å². The van der Waals surface area contributed by atoms with Gasteiger partial charge in [0.25, 0.3) is 0 Å². The van der Waals surface area contributed by atoms with Crippen molar-refractivity contribution in [3.63, 3.8) is 0 Å². The Kier molecular flexibility index (Phi) is 15.0. The summed E-state index contributed by atoms with van der Waals surface area (Å²) in [6.07, 6.45) is -1.92. The molecule has 0 aromatic carbocycles. The highest BCUT2D eigenvalue weighted by molar-refractivity contribution is 4.67. The normalized spacial score (nSPS) is 23.5. The average Bonchev–Trinajstić information content (AvgIpc) is 2.68. The Bertz CT molecular complexity index is 351. The SMILES string of the molecule is COCC(O)COCC(COCC(O)COCC1COC(COC)CO1)OC. The van der Waals surface area contributed by atoms with E-state index in [0.29, 0.717) is 26.4 Å². The van der Waals surface area contributed by atoms with Gasteiger partial charge in [-0.25, -0.2) is 0 Å². The second kappa shape index (κ2) is 16.4. The fraction of sp³-hybridized carbons (Fsp3) is 1.00. The number of ether oxygens (including phenoxy) is 8. The van der Waals surface area contributed by atoms with E-state index in [9.17, 15) is 10.2 Å². The Hall–Kier alpha value is -0.400. The van der Waals surface area contributed by atoms with Gasteiger partial charge < -0.3 is 48.1 Å². The topological polar surface area (TPSA) is 114 Å². The van der Waals surface area contributed by atoms with Crippen LogP contribution in [0.2, 0.25) is 0 Å². The Morgan fingerprint density at radius 3 is 1.75 bits per heavy atom. The maximum absolute atomic E-state index is 9.93. The molecular weight excluding hydrogens is 376 g/mol. The number of aliphatic hydroxyl groups excluding tert-OH is 2. The van der Waals surface area contributed by atoms with E-state index in [1.54, 1.807) is 14.2 Å². The monoisotopic (exact) mass is 412 g/mol. The van der Waals surface area contributed by atoms with E-state index in [4.69, 9.17) is 37.9 Å². The van der Waals surface area contributed by atoms with E-state index in [1.807, 2.05) is 0 Å². The molecule has 5 atom stereocenters. The van der Waals surface area contributed by atoms with E-state index < -0.39 is 12.2 Å². The fourth-order valence-electron chi connectivity index (χ4n) is 2.44. The molecule has 0 saturated carbocycles. The summed E-state index contributed by atoms with van der Waals surface area (Å²) < 4.78 is 42.6. The summed E-state index contributed by atoms with van der Waals surface area (Å²) in [7, 11) is 4.68. The summed E-state index contributed by atoms with van der Waals surface area (Å²) in [5, 5.41) is 19.4. The second-order valence-corrected chi connectivity index (χ2v) is 6.60. The maximum atomic E-state index is 9.93. The first kappa shape index (κ1) is 25.6. The quantitative estimate of drug-likeness (QED) is 0.303. The summed E-state index contributed by atoms with van der Waals surface area (Å²) in [5.74, 6) is 0. The van der Waals surface area contributed by atoms with E-state index in [1.165, 1.54) is 7.11 Å². The molecule has 0 spiro atoms. The summed E-state index contributed by atoms with van der Waals surface area (Å²) in [6, 6.07) is 0. The summed E-state index contributed by atoms with van der Waals surface area (Å²) in [4.78, 5) is 0. The highest BCUT2D eigenvalue weighted by Gasteiger charge is 2.22. The van der Waals surface area contributed by atoms with Gasteiger partial charge in [-0.1, -0.05) is 0 Å². The molecule has 0 radical (unpaired) electrons. The van der Waals surface area contributed by atoms with Crippen LogP contribution in [-0.4, -0.2) is 128 Å². The number of rotatable bonds is 17. The van der Waals surface area contributed by atoms with Crippen molar-refractivity contribution in [3.05, 3.63) is 0 Å². The molecule has 0 aromatic rings. The molecule has 1 fully saturated rings. The predicted octanol–water partition coefficient (Wildman–Crippen LogP) is -1.15. The van der Waals surface area contributed by atoms with Gasteiger partial charge >= 0.3 is 0 Å². The van der Waals surface area contributed by atoms with Crippen molar-refractivity contribution in [1.82, 2.24) is 0 Å². The number of hydrogen-bond acceptors (Lipinski definition) is 10. The average molecular weight is 412 g/mol. The standard InChI is InChI=1S/C18H36O10/c1-21-4-14(19)5-24-9-16(23-3)10-25-6-15(20)7-26-11-18-13-27-17(8-22-2)12-28-18/h14-20H,4-13H2,1-3H3. The van der Waals surface area contributed by atoms with Crippen molar-refractivity contribution in [2.45, 2.75) is 30.5 Å². The maximum Gasteiger partial charge on any atom is 0.104 e. The van der Waals surface area contributed by atoms with Crippen LogP contribution in [0, 0.1) is 0 Å². The molecule has 28 heavy (non-hydrogen) atoms. The molecule has 1 saturated heterocycles. The van der Waals surface area contributed by atoms with E-state index in [2.05, 4.69) is 0 Å². The molecule has 1 heterocycles. The third-order valence-electron chi connectivity index (χ3n) is 3.92. The van der Waals surface area contributed by atoms with Crippen LogP contribution >= 0.6 is 0 Å². The van der Waals surface area contributed by atoms with Crippen LogP contribution in [0.1, 0.15) is 0 Å². The highest BCUT2D eigenvalue weighted by Crippen LogP contribution is 2.08. The smallest absolute Gasteiger partial charge is 0.104 e. The van der Waals surface area contributed by atoms with Crippen molar-refractivity contribution < 1.29 is 48.1 Å². The van der Waals surface area contributed by atoms with Gasteiger partial charge in [-0.2, -0.15) is 0 Å². The van der Waals surface area contributed by atoms with Crippen LogP contribution in [0.15, 0.2) is 0 Å². The Balaban J connectivity index is 2.02. The molecule has 1 rings (SSSR count). The molecule has 168 valence electrons. The first-order chi connectivity index (χ1) is 13.6. The minimum atomic E-state index is -0.757. The third kappa shape index (κ3) is 12.2. The van der Waals surface area contributed by atoms with Crippen LogP contribution in [0.3, 0.4) is 0 Å². The number of hydrogen-bond donors (Lipinski definition) is 2. The Labute approximate surface area is 166 Å². The van der Waals surface area contributed by atoms with Crippen molar-refractivity contribution in [3.8, 4) is 0 Å². The molecule has 0 bridgehead atoms. The van der Waals surface area contributed by atoms with Crippen LogP contribution in [0.25, 0.3) is 0 Å². The van der Waals surface area contributed by atoms with Crippen LogP contribution < -0.4 is 0 Å². The lowest BCUT2D eigenvalue weighted by atomic mass is 10.3. The lowest BCUT2D eigenvalue weighted by Crippen LogP contribution is -2.40. The van der Waals surface area contributed by atoms with Gasteiger partial charge in [0.2, 0.25) is 0 Å². The van der Waals surface area contributed by atoms with Crippen molar-refractivity contribution >= 4 is 0 Å². The first-order valence-corrected chi connectivity index (χ1v) is 9.42. The van der Waals surface area contributed by atoms with Crippen molar-refractivity contribution in [2.24, 2.45) is 0 Å². The zero-order chi connectivity index (χ0) is 20.6. The molecule has 10 heteroatoms. The molecule has 0 aliphatic carbocycles. The summed E-state index contributed by atoms with van der Waals surface area (Å²) in [6.45, 7) is 2.91. The Morgan fingerprint density at radius 1 is 0.714 bits per heavy atom. The summed E-state index contributed by atoms with van der Waals surface area (Å²) in [5.41, 5.74) is 0. The molecule has 1 aliphatic rings. The van der Waals surface area contributed by atoms with Crippen molar-refractivity contribution in [1.29, 1.82) is 0 Å². The van der Waals surface area contributed by atoms with Crippen LogP contribution in [0.5, 0.6) is 0 Å². The summed E-state index contributed by atoms with van der Waals surface area (Å²) >= 11 is 0. The molecule has 0 amide bonds. The van der Waals surface area contributed by atoms with Gasteiger partial charge in [-0.05, 0) is 0 Å². The largest absolute Gasteiger partial charge is 0.388 e. The van der Waals surface area contributed by atoms with Gasteiger partial charge in [0.15, 0.2) is 0 Å². The molecule has 2 N–H and O–H groups in total. The zero-order valence-corrected chi connectivity index (χ0v) is 17.1. The predicted molar refractivity (Wildman–Crippen MR) is 98.5 cm³/mol.